The number of anilines is 1. The molecule has 18 heavy (non-hydrogen) atoms. The molecule has 1 aromatic rings. The fourth-order valence-corrected chi connectivity index (χ4v) is 1.90. The van der Waals surface area contributed by atoms with E-state index in [1.54, 1.807) is 7.05 Å². The number of rotatable bonds is 3. The minimum Gasteiger partial charge on any atom is -0.463 e. The predicted octanol–water partition coefficient (Wildman–Crippen LogP) is 2.00. The fraction of sp³-hybridized carbons (Fsp3) is 0.286. The second kappa shape index (κ2) is 5.04. The summed E-state index contributed by atoms with van der Waals surface area (Å²) in [4.78, 5) is 25.1. The third-order valence-corrected chi connectivity index (χ3v) is 2.80. The maximum absolute atomic E-state index is 12.0. The van der Waals surface area contributed by atoms with Gasteiger partial charge in [-0.15, -0.1) is 0 Å². The van der Waals surface area contributed by atoms with Crippen LogP contribution in [0.1, 0.15) is 18.9 Å². The second-order valence-electron chi connectivity index (χ2n) is 4.11. The van der Waals surface area contributed by atoms with E-state index in [2.05, 4.69) is 0 Å². The SMILES string of the molecule is CCCOC(=O)/C=C1/C(=O)N(C)c2ccccc21. The normalized spacial score (nSPS) is 16.0. The molecule has 1 amide bonds. The summed E-state index contributed by atoms with van der Waals surface area (Å²) < 4.78 is 4.97. The van der Waals surface area contributed by atoms with Crippen molar-refractivity contribution in [1.29, 1.82) is 0 Å². The van der Waals surface area contributed by atoms with Crippen LogP contribution < -0.4 is 4.90 Å². The monoisotopic (exact) mass is 245 g/mol. The predicted molar refractivity (Wildman–Crippen MR) is 69.1 cm³/mol. The zero-order valence-corrected chi connectivity index (χ0v) is 10.5. The van der Waals surface area contributed by atoms with Crippen LogP contribution in [0.5, 0.6) is 0 Å². The quantitative estimate of drug-likeness (QED) is 0.604. The van der Waals surface area contributed by atoms with E-state index in [1.807, 2.05) is 31.2 Å². The van der Waals surface area contributed by atoms with Gasteiger partial charge >= 0.3 is 5.97 Å². The zero-order valence-electron chi connectivity index (χ0n) is 10.5. The van der Waals surface area contributed by atoms with Gasteiger partial charge in [0.05, 0.1) is 17.9 Å². The number of likely N-dealkylation sites (N-methyl/N-ethyl adjacent to an activating group) is 1. The van der Waals surface area contributed by atoms with Gasteiger partial charge in [0.25, 0.3) is 5.91 Å². The molecule has 1 aliphatic rings. The van der Waals surface area contributed by atoms with Crippen molar-refractivity contribution in [3.05, 3.63) is 35.9 Å². The van der Waals surface area contributed by atoms with Crippen LogP contribution in [0.25, 0.3) is 5.57 Å². The van der Waals surface area contributed by atoms with Gasteiger partial charge in [-0.1, -0.05) is 25.1 Å². The topological polar surface area (TPSA) is 46.6 Å². The lowest BCUT2D eigenvalue weighted by atomic mass is 10.1. The molecule has 0 unspecified atom stereocenters. The van der Waals surface area contributed by atoms with Gasteiger partial charge in [0.2, 0.25) is 0 Å². The molecular weight excluding hydrogens is 230 g/mol. The number of hydrogen-bond donors (Lipinski definition) is 0. The van der Waals surface area contributed by atoms with Crippen LogP contribution in [-0.2, 0) is 14.3 Å². The molecule has 0 radical (unpaired) electrons. The Bertz CT molecular complexity index is 520. The van der Waals surface area contributed by atoms with E-state index in [4.69, 9.17) is 4.74 Å². The van der Waals surface area contributed by atoms with Crippen molar-refractivity contribution in [2.24, 2.45) is 0 Å². The third-order valence-electron chi connectivity index (χ3n) is 2.80. The number of esters is 1. The lowest BCUT2D eigenvalue weighted by molar-refractivity contribution is -0.137. The molecule has 0 N–H and O–H groups in total. The maximum atomic E-state index is 12.0. The molecule has 0 atom stereocenters. The Morgan fingerprint density at radius 3 is 2.83 bits per heavy atom. The highest BCUT2D eigenvalue weighted by atomic mass is 16.5. The van der Waals surface area contributed by atoms with Crippen LogP contribution >= 0.6 is 0 Å². The molecule has 1 aliphatic heterocycles. The van der Waals surface area contributed by atoms with Gasteiger partial charge in [-0.05, 0) is 12.5 Å². The van der Waals surface area contributed by atoms with E-state index in [0.717, 1.165) is 17.7 Å². The van der Waals surface area contributed by atoms with Crippen LogP contribution in [0.2, 0.25) is 0 Å². The lowest BCUT2D eigenvalue weighted by Crippen LogP contribution is -2.20. The summed E-state index contributed by atoms with van der Waals surface area (Å²) in [5.74, 6) is -0.644. The molecule has 1 heterocycles. The number of benzene rings is 1. The largest absolute Gasteiger partial charge is 0.463 e. The van der Waals surface area contributed by atoms with Crippen molar-refractivity contribution in [2.45, 2.75) is 13.3 Å². The van der Waals surface area contributed by atoms with Crippen molar-refractivity contribution in [3.63, 3.8) is 0 Å². The molecule has 4 nitrogen and oxygen atoms in total. The summed E-state index contributed by atoms with van der Waals surface area (Å²) in [6.45, 7) is 2.29. The van der Waals surface area contributed by atoms with Gasteiger partial charge in [-0.25, -0.2) is 4.79 Å². The van der Waals surface area contributed by atoms with Crippen LogP contribution in [0, 0.1) is 0 Å². The van der Waals surface area contributed by atoms with Gasteiger partial charge in [-0.2, -0.15) is 0 Å². The van der Waals surface area contributed by atoms with E-state index in [1.165, 1.54) is 11.0 Å². The van der Waals surface area contributed by atoms with Gasteiger partial charge < -0.3 is 9.64 Å². The number of para-hydroxylation sites is 1. The number of carbonyl (C=O) groups is 2. The summed E-state index contributed by atoms with van der Waals surface area (Å²) in [5.41, 5.74) is 1.99. The van der Waals surface area contributed by atoms with Crippen molar-refractivity contribution in [3.8, 4) is 0 Å². The number of ether oxygens (including phenoxy) is 1. The number of carbonyl (C=O) groups excluding carboxylic acids is 2. The average Bonchev–Trinajstić information content (AvgIpc) is 2.62. The number of amides is 1. The van der Waals surface area contributed by atoms with Crippen molar-refractivity contribution in [2.75, 3.05) is 18.6 Å². The highest BCUT2D eigenvalue weighted by molar-refractivity contribution is 6.34. The smallest absolute Gasteiger partial charge is 0.331 e. The van der Waals surface area contributed by atoms with Crippen LogP contribution in [0.3, 0.4) is 0 Å². The van der Waals surface area contributed by atoms with E-state index < -0.39 is 5.97 Å². The van der Waals surface area contributed by atoms with Crippen molar-refractivity contribution < 1.29 is 14.3 Å². The number of nitrogens with zero attached hydrogens (tertiary/aromatic N) is 1. The van der Waals surface area contributed by atoms with E-state index in [0.29, 0.717) is 12.2 Å². The Balaban J connectivity index is 2.31. The summed E-state index contributed by atoms with van der Waals surface area (Å²) >= 11 is 0. The highest BCUT2D eigenvalue weighted by Crippen LogP contribution is 2.35. The first kappa shape index (κ1) is 12.4. The molecular formula is C14H15NO3. The van der Waals surface area contributed by atoms with E-state index >= 15 is 0 Å². The van der Waals surface area contributed by atoms with Crippen LogP contribution in [0.15, 0.2) is 30.3 Å². The van der Waals surface area contributed by atoms with Gasteiger partial charge in [0.1, 0.15) is 0 Å². The minimum absolute atomic E-state index is 0.176. The Hall–Kier alpha value is -2.10. The van der Waals surface area contributed by atoms with E-state index in [-0.39, 0.29) is 5.91 Å². The molecule has 0 fully saturated rings. The molecule has 0 saturated heterocycles. The van der Waals surface area contributed by atoms with Gasteiger partial charge in [-0.3, -0.25) is 4.79 Å². The van der Waals surface area contributed by atoms with E-state index in [9.17, 15) is 9.59 Å². The first-order valence-electron chi connectivity index (χ1n) is 5.91. The molecule has 0 aromatic heterocycles. The maximum Gasteiger partial charge on any atom is 0.331 e. The Morgan fingerprint density at radius 2 is 2.11 bits per heavy atom. The first-order chi connectivity index (χ1) is 8.65. The molecule has 0 aliphatic carbocycles. The van der Waals surface area contributed by atoms with Crippen molar-refractivity contribution in [1.82, 2.24) is 0 Å². The Kier molecular flexibility index (Phi) is 3.46. The summed E-state index contributed by atoms with van der Waals surface area (Å²) in [6.07, 6.45) is 2.04. The average molecular weight is 245 g/mol. The molecule has 2 rings (SSSR count). The first-order valence-corrected chi connectivity index (χ1v) is 5.91. The number of hydrogen-bond acceptors (Lipinski definition) is 3. The molecule has 94 valence electrons. The highest BCUT2D eigenvalue weighted by Gasteiger charge is 2.29. The molecule has 0 spiro atoms. The van der Waals surface area contributed by atoms with Gasteiger partial charge in [0, 0.05) is 18.7 Å². The fourth-order valence-electron chi connectivity index (χ4n) is 1.90. The lowest BCUT2D eigenvalue weighted by Gasteiger charge is -2.07. The molecule has 1 aromatic carbocycles. The Labute approximate surface area is 106 Å². The summed E-state index contributed by atoms with van der Waals surface area (Å²) in [7, 11) is 1.69. The molecule has 0 bridgehead atoms. The number of fused-ring (bicyclic) bond motifs is 1. The third kappa shape index (κ3) is 2.14. The standard InChI is InChI=1S/C14H15NO3/c1-3-8-18-13(16)9-11-10-6-4-5-7-12(10)15(2)14(11)17/h4-7,9H,3,8H2,1-2H3/b11-9+. The zero-order chi connectivity index (χ0) is 13.1. The van der Waals surface area contributed by atoms with Crippen LogP contribution in [0.4, 0.5) is 5.69 Å². The molecule has 0 saturated carbocycles. The van der Waals surface area contributed by atoms with Gasteiger partial charge in [0.15, 0.2) is 0 Å². The Morgan fingerprint density at radius 1 is 1.39 bits per heavy atom. The minimum atomic E-state index is -0.467. The van der Waals surface area contributed by atoms with Crippen LogP contribution in [-0.4, -0.2) is 25.5 Å². The molecule has 4 heteroatoms. The van der Waals surface area contributed by atoms with Crippen molar-refractivity contribution >= 4 is 23.1 Å². The summed E-state index contributed by atoms with van der Waals surface area (Å²) in [5, 5.41) is 0. The summed E-state index contributed by atoms with van der Waals surface area (Å²) in [6, 6.07) is 7.39. The second-order valence-corrected chi connectivity index (χ2v) is 4.11.